The molecule has 0 atom stereocenters. The first kappa shape index (κ1) is 12.9. The highest BCUT2D eigenvalue weighted by atomic mass is 16.1. The highest BCUT2D eigenvalue weighted by molar-refractivity contribution is 5.93. The highest BCUT2D eigenvalue weighted by Gasteiger charge is 2.03. The van der Waals surface area contributed by atoms with Crippen molar-refractivity contribution in [2.24, 2.45) is 5.73 Å². The lowest BCUT2D eigenvalue weighted by Crippen LogP contribution is -2.11. The largest absolute Gasteiger partial charge is 0.366 e. The second-order valence-electron chi connectivity index (χ2n) is 4.59. The first-order valence-corrected chi connectivity index (χ1v) is 6.35. The Morgan fingerprint density at radius 2 is 2.14 bits per heavy atom. The molecule has 0 radical (unpaired) electrons. The molecule has 5 nitrogen and oxygen atoms in total. The van der Waals surface area contributed by atoms with Gasteiger partial charge in [-0.1, -0.05) is 12.0 Å². The molecule has 0 fully saturated rings. The minimum atomic E-state index is -0.459. The van der Waals surface area contributed by atoms with Crippen LogP contribution in [-0.2, 0) is 0 Å². The predicted molar refractivity (Wildman–Crippen MR) is 78.7 cm³/mol. The van der Waals surface area contributed by atoms with Crippen LogP contribution in [0.4, 0.5) is 0 Å². The van der Waals surface area contributed by atoms with E-state index in [9.17, 15) is 4.79 Å². The first-order valence-electron chi connectivity index (χ1n) is 6.35. The SMILES string of the molecule is Cc1ccc(C(N)=O)cc1C#Cc1cnc2cnccn12. The number of aromatic nitrogens is 3. The normalized spacial score (nSPS) is 10.1. The van der Waals surface area contributed by atoms with Crippen LogP contribution in [0.25, 0.3) is 5.65 Å². The summed E-state index contributed by atoms with van der Waals surface area (Å²) in [7, 11) is 0. The molecule has 0 aliphatic rings. The molecule has 0 unspecified atom stereocenters. The van der Waals surface area contributed by atoms with E-state index in [1.54, 1.807) is 36.9 Å². The first-order chi connectivity index (χ1) is 10.1. The second-order valence-corrected chi connectivity index (χ2v) is 4.59. The summed E-state index contributed by atoms with van der Waals surface area (Å²) in [4.78, 5) is 19.5. The molecule has 1 amide bonds. The van der Waals surface area contributed by atoms with Crippen molar-refractivity contribution in [2.75, 3.05) is 0 Å². The van der Waals surface area contributed by atoms with Gasteiger partial charge in [-0.3, -0.25) is 14.2 Å². The number of aryl methyl sites for hydroxylation is 1. The molecular weight excluding hydrogens is 264 g/mol. The standard InChI is InChI=1S/C16H12N4O/c1-11-2-3-13(16(17)21)8-12(11)4-5-14-9-19-15-10-18-6-7-20(14)15/h2-3,6-10H,1H3,(H2,17,21). The van der Waals surface area contributed by atoms with Gasteiger partial charge in [0, 0.05) is 23.5 Å². The number of nitrogens with zero attached hydrogens (tertiary/aromatic N) is 3. The zero-order valence-corrected chi connectivity index (χ0v) is 11.4. The number of imidazole rings is 1. The number of carbonyl (C=O) groups excluding carboxylic acids is 1. The van der Waals surface area contributed by atoms with E-state index >= 15 is 0 Å². The number of hydrogen-bond acceptors (Lipinski definition) is 3. The van der Waals surface area contributed by atoms with E-state index in [1.165, 1.54) is 0 Å². The number of amides is 1. The smallest absolute Gasteiger partial charge is 0.248 e. The van der Waals surface area contributed by atoms with Crippen molar-refractivity contribution >= 4 is 11.6 Å². The Kier molecular flexibility index (Phi) is 3.13. The number of benzene rings is 1. The van der Waals surface area contributed by atoms with Crippen molar-refractivity contribution < 1.29 is 4.79 Å². The van der Waals surface area contributed by atoms with Gasteiger partial charge in [0.2, 0.25) is 5.91 Å². The third kappa shape index (κ3) is 2.47. The highest BCUT2D eigenvalue weighted by Crippen LogP contribution is 2.10. The quantitative estimate of drug-likeness (QED) is 0.685. The fraction of sp³-hybridized carbons (Fsp3) is 0.0625. The van der Waals surface area contributed by atoms with Gasteiger partial charge < -0.3 is 5.73 Å². The average Bonchev–Trinajstić information content (AvgIpc) is 2.89. The van der Waals surface area contributed by atoms with E-state index in [0.29, 0.717) is 5.56 Å². The van der Waals surface area contributed by atoms with E-state index in [1.807, 2.05) is 17.4 Å². The van der Waals surface area contributed by atoms with E-state index < -0.39 is 5.91 Å². The van der Waals surface area contributed by atoms with Crippen LogP contribution >= 0.6 is 0 Å². The molecule has 5 heteroatoms. The van der Waals surface area contributed by atoms with Crippen LogP contribution in [0.15, 0.2) is 43.0 Å². The van der Waals surface area contributed by atoms with E-state index in [-0.39, 0.29) is 0 Å². The number of nitrogens with two attached hydrogens (primary N) is 1. The second kappa shape index (κ2) is 5.10. The molecule has 3 rings (SSSR count). The van der Waals surface area contributed by atoms with Gasteiger partial charge in [0.15, 0.2) is 5.65 Å². The maximum atomic E-state index is 11.2. The summed E-state index contributed by atoms with van der Waals surface area (Å²) in [6.07, 6.45) is 6.85. The van der Waals surface area contributed by atoms with Crippen molar-refractivity contribution in [1.29, 1.82) is 0 Å². The predicted octanol–water partition coefficient (Wildman–Crippen LogP) is 1.54. The summed E-state index contributed by atoms with van der Waals surface area (Å²) in [5, 5.41) is 0. The van der Waals surface area contributed by atoms with Crippen molar-refractivity contribution in [1.82, 2.24) is 14.4 Å². The molecule has 3 aromatic rings. The van der Waals surface area contributed by atoms with Crippen molar-refractivity contribution in [3.8, 4) is 11.8 Å². The van der Waals surface area contributed by atoms with Gasteiger partial charge in [-0.25, -0.2) is 4.98 Å². The Morgan fingerprint density at radius 3 is 2.95 bits per heavy atom. The molecule has 2 aromatic heterocycles. The third-order valence-electron chi connectivity index (χ3n) is 3.16. The summed E-state index contributed by atoms with van der Waals surface area (Å²) < 4.78 is 1.85. The molecule has 0 aliphatic heterocycles. The fourth-order valence-electron chi connectivity index (χ4n) is 1.98. The fourth-order valence-corrected chi connectivity index (χ4v) is 1.98. The van der Waals surface area contributed by atoms with Gasteiger partial charge >= 0.3 is 0 Å². The van der Waals surface area contributed by atoms with E-state index in [4.69, 9.17) is 5.73 Å². The Balaban J connectivity index is 2.05. The Morgan fingerprint density at radius 1 is 1.29 bits per heavy atom. The van der Waals surface area contributed by atoms with Crippen LogP contribution in [0.2, 0.25) is 0 Å². The van der Waals surface area contributed by atoms with E-state index in [2.05, 4.69) is 21.8 Å². The Labute approximate surface area is 121 Å². The summed E-state index contributed by atoms with van der Waals surface area (Å²) >= 11 is 0. The summed E-state index contributed by atoms with van der Waals surface area (Å²) in [5.41, 5.74) is 9.00. The molecule has 0 saturated heterocycles. The van der Waals surface area contributed by atoms with Gasteiger partial charge in [-0.2, -0.15) is 0 Å². The van der Waals surface area contributed by atoms with Crippen LogP contribution < -0.4 is 5.73 Å². The average molecular weight is 276 g/mol. The van der Waals surface area contributed by atoms with Crippen LogP contribution in [0, 0.1) is 18.8 Å². The van der Waals surface area contributed by atoms with Crippen molar-refractivity contribution in [3.05, 3.63) is 65.4 Å². The van der Waals surface area contributed by atoms with Crippen molar-refractivity contribution in [3.63, 3.8) is 0 Å². The molecule has 0 spiro atoms. The number of primary amides is 1. The van der Waals surface area contributed by atoms with Gasteiger partial charge in [0.1, 0.15) is 5.69 Å². The topological polar surface area (TPSA) is 73.3 Å². The zero-order valence-electron chi connectivity index (χ0n) is 11.4. The number of carbonyl (C=O) groups is 1. The molecule has 21 heavy (non-hydrogen) atoms. The van der Waals surface area contributed by atoms with Gasteiger partial charge in [-0.15, -0.1) is 0 Å². The summed E-state index contributed by atoms with van der Waals surface area (Å²) in [5.74, 6) is 5.67. The van der Waals surface area contributed by atoms with Crippen LogP contribution in [0.5, 0.6) is 0 Å². The molecule has 2 heterocycles. The van der Waals surface area contributed by atoms with Gasteiger partial charge in [0.05, 0.1) is 12.4 Å². The van der Waals surface area contributed by atoms with Gasteiger partial charge in [0.25, 0.3) is 0 Å². The molecule has 0 aliphatic carbocycles. The molecular formula is C16H12N4O. The number of rotatable bonds is 1. The molecule has 1 aromatic carbocycles. The monoisotopic (exact) mass is 276 g/mol. The summed E-state index contributed by atoms with van der Waals surface area (Å²) in [6.45, 7) is 1.94. The van der Waals surface area contributed by atoms with E-state index in [0.717, 1.165) is 22.5 Å². The number of fused-ring (bicyclic) bond motifs is 1. The zero-order chi connectivity index (χ0) is 14.8. The molecule has 102 valence electrons. The molecule has 0 bridgehead atoms. The lowest BCUT2D eigenvalue weighted by atomic mass is 10.0. The number of hydrogen-bond donors (Lipinski definition) is 1. The lowest BCUT2D eigenvalue weighted by Gasteiger charge is -2.00. The van der Waals surface area contributed by atoms with Gasteiger partial charge in [-0.05, 0) is 30.5 Å². The summed E-state index contributed by atoms with van der Waals surface area (Å²) in [6, 6.07) is 5.24. The third-order valence-corrected chi connectivity index (χ3v) is 3.16. The maximum absolute atomic E-state index is 11.2. The lowest BCUT2D eigenvalue weighted by molar-refractivity contribution is 0.100. The van der Waals surface area contributed by atoms with Crippen LogP contribution in [-0.4, -0.2) is 20.3 Å². The minimum Gasteiger partial charge on any atom is -0.366 e. The molecule has 0 saturated carbocycles. The van der Waals surface area contributed by atoms with Crippen LogP contribution in [0.3, 0.4) is 0 Å². The Hall–Kier alpha value is -3.13. The minimum absolute atomic E-state index is 0.451. The Bertz CT molecular complexity index is 899. The van der Waals surface area contributed by atoms with Crippen molar-refractivity contribution in [2.45, 2.75) is 6.92 Å². The molecule has 2 N–H and O–H groups in total. The maximum Gasteiger partial charge on any atom is 0.248 e. The van der Waals surface area contributed by atoms with Crippen LogP contribution in [0.1, 0.15) is 27.2 Å².